The van der Waals surface area contributed by atoms with Crippen LogP contribution < -0.4 is 11.1 Å². The smallest absolute Gasteiger partial charge is 0.248 e. The molecule has 0 bridgehead atoms. The largest absolute Gasteiger partial charge is 0.366 e. The van der Waals surface area contributed by atoms with Crippen molar-refractivity contribution in [2.75, 3.05) is 11.1 Å². The summed E-state index contributed by atoms with van der Waals surface area (Å²) in [5.74, 6) is -0.434. The number of fused-ring (bicyclic) bond motifs is 1. The van der Waals surface area contributed by atoms with Crippen molar-refractivity contribution >= 4 is 51.9 Å². The number of anilines is 1. The van der Waals surface area contributed by atoms with Crippen LogP contribution in [-0.2, 0) is 11.3 Å². The molecule has 2 amide bonds. The van der Waals surface area contributed by atoms with E-state index in [0.29, 0.717) is 16.3 Å². The Morgan fingerprint density at radius 3 is 2.63 bits per heavy atom. The summed E-state index contributed by atoms with van der Waals surface area (Å²) in [6, 6.07) is 12.1. The molecule has 140 valence electrons. The summed E-state index contributed by atoms with van der Waals surface area (Å²) in [7, 11) is 0. The number of benzene rings is 2. The molecule has 6 nitrogen and oxygen atoms in total. The maximum atomic E-state index is 12.3. The predicted octanol–water partition coefficient (Wildman–Crippen LogP) is 3.93. The number of carbonyl (C=O) groups excluding carboxylic acids is 2. The lowest BCUT2D eigenvalue weighted by Crippen LogP contribution is -2.15. The Bertz CT molecular complexity index is 985. The number of hydrogen-bond acceptors (Lipinski definition) is 4. The number of nitrogens with one attached hydrogen (secondary N) is 1. The van der Waals surface area contributed by atoms with E-state index in [2.05, 4.69) is 21.8 Å². The standard InChI is InChI=1S/C19H19ClN4O2S/c1-2-9-24-16-8-5-13(20)10-15(16)23-19(24)27-11-17(25)22-14-6-3-12(4-7-14)18(21)26/h3-8,10H,2,9,11H2,1H3,(H2,21,26)(H,22,25). The van der Waals surface area contributed by atoms with Crippen LogP contribution in [0.3, 0.4) is 0 Å². The fraction of sp³-hybridized carbons (Fsp3) is 0.211. The van der Waals surface area contributed by atoms with Crippen LogP contribution in [0.1, 0.15) is 23.7 Å². The molecule has 3 rings (SSSR count). The number of nitrogens with zero attached hydrogens (tertiary/aromatic N) is 2. The second-order valence-electron chi connectivity index (χ2n) is 5.96. The number of hydrogen-bond donors (Lipinski definition) is 2. The van der Waals surface area contributed by atoms with Crippen molar-refractivity contribution in [1.82, 2.24) is 9.55 Å². The molecule has 0 saturated heterocycles. The van der Waals surface area contributed by atoms with E-state index in [1.54, 1.807) is 24.3 Å². The predicted molar refractivity (Wildman–Crippen MR) is 109 cm³/mol. The number of primary amides is 1. The number of aromatic nitrogens is 2. The van der Waals surface area contributed by atoms with E-state index in [9.17, 15) is 9.59 Å². The third-order valence-corrected chi connectivity index (χ3v) is 5.12. The topological polar surface area (TPSA) is 90.0 Å². The summed E-state index contributed by atoms with van der Waals surface area (Å²) in [5.41, 5.74) is 8.04. The molecule has 0 atom stereocenters. The zero-order valence-corrected chi connectivity index (χ0v) is 16.3. The lowest BCUT2D eigenvalue weighted by atomic mass is 10.2. The summed E-state index contributed by atoms with van der Waals surface area (Å²) in [5, 5.41) is 4.22. The highest BCUT2D eigenvalue weighted by Gasteiger charge is 2.13. The van der Waals surface area contributed by atoms with Crippen LogP contribution in [0.5, 0.6) is 0 Å². The molecule has 2 aromatic carbocycles. The van der Waals surface area contributed by atoms with E-state index < -0.39 is 5.91 Å². The number of rotatable bonds is 7. The minimum absolute atomic E-state index is 0.153. The minimum atomic E-state index is -0.502. The molecule has 3 N–H and O–H groups in total. The molecule has 0 fully saturated rings. The quantitative estimate of drug-likeness (QED) is 0.586. The first kappa shape index (κ1) is 19.3. The van der Waals surface area contributed by atoms with Gasteiger partial charge in [0.05, 0.1) is 16.8 Å². The number of amides is 2. The lowest BCUT2D eigenvalue weighted by molar-refractivity contribution is -0.113. The third-order valence-electron chi connectivity index (χ3n) is 3.91. The van der Waals surface area contributed by atoms with Crippen molar-refractivity contribution in [3.63, 3.8) is 0 Å². The zero-order valence-electron chi connectivity index (χ0n) is 14.7. The highest BCUT2D eigenvalue weighted by molar-refractivity contribution is 7.99. The first-order valence-corrected chi connectivity index (χ1v) is 9.82. The first-order valence-electron chi connectivity index (χ1n) is 8.46. The third kappa shape index (κ3) is 4.61. The van der Waals surface area contributed by atoms with E-state index >= 15 is 0 Å². The van der Waals surface area contributed by atoms with E-state index in [1.165, 1.54) is 11.8 Å². The van der Waals surface area contributed by atoms with Gasteiger partial charge in [-0.1, -0.05) is 30.3 Å². The van der Waals surface area contributed by atoms with Gasteiger partial charge >= 0.3 is 0 Å². The van der Waals surface area contributed by atoms with Gasteiger partial charge in [-0.2, -0.15) is 0 Å². The molecule has 0 saturated carbocycles. The monoisotopic (exact) mass is 402 g/mol. The van der Waals surface area contributed by atoms with Crippen molar-refractivity contribution in [2.45, 2.75) is 25.0 Å². The van der Waals surface area contributed by atoms with Crippen molar-refractivity contribution in [3.05, 3.63) is 53.1 Å². The SMILES string of the molecule is CCCn1c(SCC(=O)Nc2ccc(C(N)=O)cc2)nc2cc(Cl)ccc21. The molecular weight excluding hydrogens is 384 g/mol. The Labute approximate surface area is 166 Å². The molecule has 1 heterocycles. The number of aryl methyl sites for hydroxylation is 1. The van der Waals surface area contributed by atoms with E-state index in [0.717, 1.165) is 29.2 Å². The average molecular weight is 403 g/mol. The second kappa shape index (κ2) is 8.45. The van der Waals surface area contributed by atoms with Crippen LogP contribution in [0.2, 0.25) is 5.02 Å². The van der Waals surface area contributed by atoms with Gasteiger partial charge in [-0.15, -0.1) is 0 Å². The van der Waals surface area contributed by atoms with E-state index in [1.807, 2.05) is 18.2 Å². The normalized spacial score (nSPS) is 10.9. The number of halogens is 1. The van der Waals surface area contributed by atoms with Crippen LogP contribution in [-0.4, -0.2) is 27.1 Å². The van der Waals surface area contributed by atoms with Crippen LogP contribution >= 0.6 is 23.4 Å². The maximum Gasteiger partial charge on any atom is 0.248 e. The van der Waals surface area contributed by atoms with Crippen LogP contribution in [0.4, 0.5) is 5.69 Å². The fourth-order valence-corrected chi connectivity index (χ4v) is 3.68. The molecule has 0 spiro atoms. The number of imidazole rings is 1. The molecule has 0 aliphatic heterocycles. The van der Waals surface area contributed by atoms with Crippen molar-refractivity contribution < 1.29 is 9.59 Å². The Morgan fingerprint density at radius 2 is 1.96 bits per heavy atom. The molecule has 0 aliphatic rings. The van der Waals surface area contributed by atoms with Gasteiger partial charge in [0.15, 0.2) is 5.16 Å². The Balaban J connectivity index is 1.69. The van der Waals surface area contributed by atoms with Crippen molar-refractivity contribution in [2.24, 2.45) is 5.73 Å². The van der Waals surface area contributed by atoms with Gasteiger partial charge in [-0.05, 0) is 48.9 Å². The van der Waals surface area contributed by atoms with Gasteiger partial charge in [-0.25, -0.2) is 4.98 Å². The Kier molecular flexibility index (Phi) is 6.03. The van der Waals surface area contributed by atoms with Crippen molar-refractivity contribution in [3.8, 4) is 0 Å². The van der Waals surface area contributed by atoms with Gasteiger partial charge in [-0.3, -0.25) is 9.59 Å². The average Bonchev–Trinajstić information content (AvgIpc) is 2.97. The number of thioether (sulfide) groups is 1. The highest BCUT2D eigenvalue weighted by Crippen LogP contribution is 2.26. The highest BCUT2D eigenvalue weighted by atomic mass is 35.5. The molecule has 8 heteroatoms. The Hall–Kier alpha value is -2.51. The molecule has 1 aromatic heterocycles. The van der Waals surface area contributed by atoms with Gasteiger partial charge < -0.3 is 15.6 Å². The molecule has 27 heavy (non-hydrogen) atoms. The zero-order chi connectivity index (χ0) is 19.4. The van der Waals surface area contributed by atoms with Gasteiger partial charge in [0.2, 0.25) is 11.8 Å². The maximum absolute atomic E-state index is 12.3. The first-order chi connectivity index (χ1) is 13.0. The lowest BCUT2D eigenvalue weighted by Gasteiger charge is -2.08. The molecule has 0 radical (unpaired) electrons. The summed E-state index contributed by atoms with van der Waals surface area (Å²) < 4.78 is 2.10. The van der Waals surface area contributed by atoms with Gasteiger partial charge in [0.25, 0.3) is 0 Å². The molecule has 0 aliphatic carbocycles. The summed E-state index contributed by atoms with van der Waals surface area (Å²) >= 11 is 7.43. The molecule has 0 unspecified atom stereocenters. The van der Waals surface area contributed by atoms with Crippen LogP contribution in [0.15, 0.2) is 47.6 Å². The number of nitrogens with two attached hydrogens (primary N) is 1. The summed E-state index contributed by atoms with van der Waals surface area (Å²) in [6.07, 6.45) is 0.958. The van der Waals surface area contributed by atoms with Crippen LogP contribution in [0.25, 0.3) is 11.0 Å². The molecule has 3 aromatic rings. The second-order valence-corrected chi connectivity index (χ2v) is 7.34. The number of carbonyl (C=O) groups is 2. The minimum Gasteiger partial charge on any atom is -0.366 e. The van der Waals surface area contributed by atoms with Gasteiger partial charge in [0.1, 0.15) is 0 Å². The fourth-order valence-electron chi connectivity index (χ4n) is 2.68. The molecular formula is C19H19ClN4O2S. The van der Waals surface area contributed by atoms with E-state index in [4.69, 9.17) is 17.3 Å². The van der Waals surface area contributed by atoms with E-state index in [-0.39, 0.29) is 11.7 Å². The van der Waals surface area contributed by atoms with Crippen LogP contribution in [0, 0.1) is 0 Å². The van der Waals surface area contributed by atoms with Crippen molar-refractivity contribution in [1.29, 1.82) is 0 Å². The Morgan fingerprint density at radius 1 is 1.22 bits per heavy atom. The summed E-state index contributed by atoms with van der Waals surface area (Å²) in [4.78, 5) is 28.0. The van der Waals surface area contributed by atoms with Gasteiger partial charge in [0, 0.05) is 22.8 Å². The summed E-state index contributed by atoms with van der Waals surface area (Å²) in [6.45, 7) is 2.91.